The first kappa shape index (κ1) is 17.1. The highest BCUT2D eigenvalue weighted by atomic mass is 35.5. The predicted octanol–water partition coefficient (Wildman–Crippen LogP) is 4.76. The molecule has 0 spiro atoms. The number of aldehydes is 1. The van der Waals surface area contributed by atoms with Gasteiger partial charge in [-0.1, -0.05) is 35.3 Å². The van der Waals surface area contributed by atoms with Crippen molar-refractivity contribution in [3.05, 3.63) is 63.5 Å². The molecule has 0 bridgehead atoms. The quantitative estimate of drug-likeness (QED) is 0.595. The Hall–Kier alpha value is -1.73. The monoisotopic (exact) mass is 397 g/mol. The molecule has 0 saturated carbocycles. The van der Waals surface area contributed by atoms with Gasteiger partial charge < -0.3 is 0 Å². The second-order valence-electron chi connectivity index (χ2n) is 4.77. The van der Waals surface area contributed by atoms with E-state index in [2.05, 4.69) is 4.98 Å². The number of benzene rings is 2. The molecule has 0 aliphatic rings. The zero-order valence-electron chi connectivity index (χ0n) is 11.9. The molecule has 3 rings (SSSR count). The molecular weight excluding hydrogens is 389 g/mol. The van der Waals surface area contributed by atoms with Gasteiger partial charge >= 0.3 is 0 Å². The molecule has 0 fully saturated rings. The maximum absolute atomic E-state index is 12.7. The van der Waals surface area contributed by atoms with E-state index >= 15 is 0 Å². The van der Waals surface area contributed by atoms with E-state index in [1.807, 2.05) is 0 Å². The third-order valence-electron chi connectivity index (χ3n) is 3.20. The molecule has 1 heterocycles. The van der Waals surface area contributed by atoms with Crippen molar-refractivity contribution in [2.24, 2.45) is 0 Å². The lowest BCUT2D eigenvalue weighted by atomic mass is 10.2. The highest BCUT2D eigenvalue weighted by molar-refractivity contribution is 7.91. The Morgan fingerprint density at radius 1 is 0.917 bits per heavy atom. The number of rotatable bonds is 4. The molecular formula is C16H9Cl2NO3S2. The van der Waals surface area contributed by atoms with Gasteiger partial charge in [-0.2, -0.15) is 0 Å². The largest absolute Gasteiger partial charge is 0.297 e. The summed E-state index contributed by atoms with van der Waals surface area (Å²) in [4.78, 5) is 15.6. The van der Waals surface area contributed by atoms with Crippen LogP contribution in [0.25, 0.3) is 10.6 Å². The second-order valence-corrected chi connectivity index (χ2v) is 8.54. The second kappa shape index (κ2) is 6.64. The number of carbonyl (C=O) groups excluding carboxylic acids is 1. The molecule has 0 radical (unpaired) electrons. The summed E-state index contributed by atoms with van der Waals surface area (Å²) in [6.45, 7) is 0. The molecule has 1 aromatic heterocycles. The van der Waals surface area contributed by atoms with E-state index in [1.54, 1.807) is 24.3 Å². The fourth-order valence-electron chi connectivity index (χ4n) is 2.03. The minimum absolute atomic E-state index is 0.0305. The van der Waals surface area contributed by atoms with E-state index in [4.69, 9.17) is 23.2 Å². The summed E-state index contributed by atoms with van der Waals surface area (Å²) in [7, 11) is -3.91. The van der Waals surface area contributed by atoms with E-state index in [1.165, 1.54) is 24.3 Å². The number of thiazole rings is 1. The Balaban J connectivity index is 2.12. The van der Waals surface area contributed by atoms with Gasteiger partial charge in [-0.3, -0.25) is 4.79 Å². The van der Waals surface area contributed by atoms with Crippen molar-refractivity contribution in [2.75, 3.05) is 0 Å². The number of carbonyl (C=O) groups is 1. The molecule has 8 heteroatoms. The van der Waals surface area contributed by atoms with Crippen molar-refractivity contribution in [1.82, 2.24) is 4.98 Å². The smallest absolute Gasteiger partial charge is 0.225 e. The first-order chi connectivity index (χ1) is 11.4. The van der Waals surface area contributed by atoms with Crippen LogP contribution in [0, 0.1) is 0 Å². The lowest BCUT2D eigenvalue weighted by Crippen LogP contribution is -2.04. The highest BCUT2D eigenvalue weighted by Crippen LogP contribution is 2.33. The Bertz CT molecular complexity index is 995. The zero-order chi connectivity index (χ0) is 17.3. The van der Waals surface area contributed by atoms with Crippen LogP contribution < -0.4 is 0 Å². The van der Waals surface area contributed by atoms with Gasteiger partial charge in [0.05, 0.1) is 4.90 Å². The van der Waals surface area contributed by atoms with Crippen molar-refractivity contribution in [1.29, 1.82) is 0 Å². The van der Waals surface area contributed by atoms with Gasteiger partial charge in [0.1, 0.15) is 9.88 Å². The summed E-state index contributed by atoms with van der Waals surface area (Å²) >= 11 is 12.7. The molecule has 0 unspecified atom stereocenters. The summed E-state index contributed by atoms with van der Waals surface area (Å²) in [5.74, 6) is 0. The summed E-state index contributed by atoms with van der Waals surface area (Å²) < 4.78 is 25.5. The van der Waals surface area contributed by atoms with Gasteiger partial charge in [0.2, 0.25) is 9.84 Å². The molecule has 24 heavy (non-hydrogen) atoms. The van der Waals surface area contributed by atoms with Crippen molar-refractivity contribution >= 4 is 50.7 Å². The third kappa shape index (κ3) is 3.23. The van der Waals surface area contributed by atoms with Crippen LogP contribution in [0.2, 0.25) is 10.0 Å². The van der Waals surface area contributed by atoms with Crippen molar-refractivity contribution in [3.63, 3.8) is 0 Å². The molecule has 122 valence electrons. The van der Waals surface area contributed by atoms with Crippen molar-refractivity contribution in [2.45, 2.75) is 9.92 Å². The number of halogens is 2. The number of aromatic nitrogens is 1. The average molecular weight is 398 g/mol. The molecule has 0 saturated heterocycles. The first-order valence-electron chi connectivity index (χ1n) is 6.64. The van der Waals surface area contributed by atoms with Crippen molar-refractivity contribution in [3.8, 4) is 10.6 Å². The Labute approximate surface area is 152 Å². The van der Waals surface area contributed by atoms with Crippen LogP contribution in [0.4, 0.5) is 0 Å². The summed E-state index contributed by atoms with van der Waals surface area (Å²) in [6, 6.07) is 12.5. The normalized spacial score (nSPS) is 11.4. The van der Waals surface area contributed by atoms with Crippen LogP contribution >= 0.6 is 34.5 Å². The molecule has 4 nitrogen and oxygen atoms in total. The standard InChI is InChI=1S/C16H9Cl2NO3S2/c17-11-3-1-10(2-4-11)15-19-16(14(9-20)23-15)24(21,22)13-7-5-12(18)6-8-13/h1-9H. The van der Waals surface area contributed by atoms with E-state index in [9.17, 15) is 13.2 Å². The van der Waals surface area contributed by atoms with E-state index in [-0.39, 0.29) is 14.8 Å². The fraction of sp³-hybridized carbons (Fsp3) is 0. The summed E-state index contributed by atoms with van der Waals surface area (Å²) in [6.07, 6.45) is 0.500. The lowest BCUT2D eigenvalue weighted by Gasteiger charge is -2.02. The van der Waals surface area contributed by atoms with E-state index < -0.39 is 9.84 Å². The maximum Gasteiger partial charge on any atom is 0.225 e. The molecule has 0 amide bonds. The summed E-state index contributed by atoms with van der Waals surface area (Å²) in [5.41, 5.74) is 0.685. The maximum atomic E-state index is 12.7. The van der Waals surface area contributed by atoms with Crippen LogP contribution in [-0.2, 0) is 9.84 Å². The third-order valence-corrected chi connectivity index (χ3v) is 6.57. The van der Waals surface area contributed by atoms with Crippen LogP contribution in [-0.4, -0.2) is 19.7 Å². The van der Waals surface area contributed by atoms with Gasteiger partial charge in [-0.15, -0.1) is 11.3 Å². The number of hydrogen-bond donors (Lipinski definition) is 0. The zero-order valence-corrected chi connectivity index (χ0v) is 15.1. The molecule has 0 aliphatic carbocycles. The number of nitrogens with zero attached hydrogens (tertiary/aromatic N) is 1. The molecule has 0 atom stereocenters. The van der Waals surface area contributed by atoms with E-state index in [0.29, 0.717) is 26.9 Å². The first-order valence-corrected chi connectivity index (χ1v) is 9.70. The van der Waals surface area contributed by atoms with Crippen LogP contribution in [0.3, 0.4) is 0 Å². The van der Waals surface area contributed by atoms with Gasteiger partial charge in [0.15, 0.2) is 11.3 Å². The lowest BCUT2D eigenvalue weighted by molar-refractivity contribution is 0.112. The molecule has 0 aliphatic heterocycles. The SMILES string of the molecule is O=Cc1sc(-c2ccc(Cl)cc2)nc1S(=O)(=O)c1ccc(Cl)cc1. The minimum Gasteiger partial charge on any atom is -0.297 e. The Morgan fingerprint density at radius 3 is 2.00 bits per heavy atom. The predicted molar refractivity (Wildman–Crippen MR) is 94.9 cm³/mol. The minimum atomic E-state index is -3.91. The average Bonchev–Trinajstić information content (AvgIpc) is 3.01. The Kier molecular flexibility index (Phi) is 4.73. The van der Waals surface area contributed by atoms with Gasteiger partial charge in [-0.25, -0.2) is 13.4 Å². The highest BCUT2D eigenvalue weighted by Gasteiger charge is 2.26. The van der Waals surface area contributed by atoms with Gasteiger partial charge in [0, 0.05) is 15.6 Å². The van der Waals surface area contributed by atoms with Crippen LogP contribution in [0.15, 0.2) is 58.5 Å². The topological polar surface area (TPSA) is 64.1 Å². The van der Waals surface area contributed by atoms with Crippen LogP contribution in [0.1, 0.15) is 9.67 Å². The van der Waals surface area contributed by atoms with Gasteiger partial charge in [-0.05, 0) is 36.4 Å². The van der Waals surface area contributed by atoms with Gasteiger partial charge in [0.25, 0.3) is 0 Å². The van der Waals surface area contributed by atoms with Crippen molar-refractivity contribution < 1.29 is 13.2 Å². The molecule has 0 N–H and O–H groups in total. The molecule has 3 aromatic rings. The fourth-order valence-corrected chi connectivity index (χ4v) is 4.81. The van der Waals surface area contributed by atoms with Crippen LogP contribution in [0.5, 0.6) is 0 Å². The molecule has 2 aromatic carbocycles. The number of hydrogen-bond acceptors (Lipinski definition) is 5. The van der Waals surface area contributed by atoms with E-state index in [0.717, 1.165) is 11.3 Å². The Morgan fingerprint density at radius 2 is 1.46 bits per heavy atom. The number of sulfone groups is 1. The summed E-state index contributed by atoms with van der Waals surface area (Å²) in [5, 5.41) is 1.15.